The predicted octanol–water partition coefficient (Wildman–Crippen LogP) is 3.81. The number of anilines is 3. The number of rotatable bonds is 7. The van der Waals surface area contributed by atoms with Crippen LogP contribution in [0.25, 0.3) is 11.2 Å². The standard InChI is InChI=1S/C26H30N8O2/c1-4-34-16-22-24(32-34)31-23(15-27-22)29-18(3)19-6-5-7-21(13-19)30-26(35)20-12-17(2)25(28-14-20)33-8-10-36-11-9-33/h5-7,12-16,18H,4,8-11H2,1-3H3,(H,30,35)(H,29,31,32)/t18-/m0/s1. The number of hydrogen-bond acceptors (Lipinski definition) is 8. The van der Waals surface area contributed by atoms with Crippen LogP contribution in [0.1, 0.15) is 41.4 Å². The smallest absolute Gasteiger partial charge is 0.257 e. The Morgan fingerprint density at radius 1 is 1.17 bits per heavy atom. The normalized spacial score (nSPS) is 14.6. The van der Waals surface area contributed by atoms with Crippen molar-refractivity contribution in [2.45, 2.75) is 33.4 Å². The monoisotopic (exact) mass is 486 g/mol. The molecule has 5 rings (SSSR count). The Bertz CT molecular complexity index is 1380. The largest absolute Gasteiger partial charge is 0.378 e. The van der Waals surface area contributed by atoms with Crippen LogP contribution in [-0.2, 0) is 11.3 Å². The molecule has 4 aromatic rings. The number of amides is 1. The van der Waals surface area contributed by atoms with E-state index in [1.165, 1.54) is 0 Å². The van der Waals surface area contributed by atoms with E-state index < -0.39 is 0 Å². The van der Waals surface area contributed by atoms with Gasteiger partial charge in [-0.3, -0.25) is 9.48 Å². The van der Waals surface area contributed by atoms with E-state index in [0.29, 0.717) is 35.9 Å². The van der Waals surface area contributed by atoms with Gasteiger partial charge in [0.25, 0.3) is 5.91 Å². The summed E-state index contributed by atoms with van der Waals surface area (Å²) in [6.07, 6.45) is 5.23. The molecular weight excluding hydrogens is 456 g/mol. The minimum atomic E-state index is -0.195. The van der Waals surface area contributed by atoms with E-state index in [0.717, 1.165) is 42.1 Å². The van der Waals surface area contributed by atoms with Crippen LogP contribution in [-0.4, -0.2) is 56.9 Å². The highest BCUT2D eigenvalue weighted by molar-refractivity contribution is 6.04. The van der Waals surface area contributed by atoms with Gasteiger partial charge < -0.3 is 20.3 Å². The number of carbonyl (C=O) groups is 1. The predicted molar refractivity (Wildman–Crippen MR) is 139 cm³/mol. The number of aromatic nitrogens is 5. The van der Waals surface area contributed by atoms with E-state index in [4.69, 9.17) is 4.74 Å². The van der Waals surface area contributed by atoms with Crippen molar-refractivity contribution in [1.82, 2.24) is 24.7 Å². The molecular formula is C26H30N8O2. The fraction of sp³-hybridized carbons (Fsp3) is 0.346. The molecule has 0 aliphatic carbocycles. The minimum absolute atomic E-state index is 0.0569. The molecule has 36 heavy (non-hydrogen) atoms. The van der Waals surface area contributed by atoms with Gasteiger partial charge in [0.05, 0.1) is 37.2 Å². The number of benzene rings is 1. The van der Waals surface area contributed by atoms with E-state index in [1.54, 1.807) is 12.4 Å². The van der Waals surface area contributed by atoms with Crippen LogP contribution in [0.4, 0.5) is 17.3 Å². The highest BCUT2D eigenvalue weighted by Gasteiger charge is 2.17. The van der Waals surface area contributed by atoms with Gasteiger partial charge in [-0.1, -0.05) is 12.1 Å². The van der Waals surface area contributed by atoms with Gasteiger partial charge in [0, 0.05) is 31.5 Å². The van der Waals surface area contributed by atoms with Gasteiger partial charge in [-0.25, -0.2) is 15.0 Å². The van der Waals surface area contributed by atoms with Crippen LogP contribution in [0.15, 0.2) is 48.9 Å². The first-order chi connectivity index (χ1) is 17.5. The molecule has 3 aromatic heterocycles. The number of morpholine rings is 1. The lowest BCUT2D eigenvalue weighted by Gasteiger charge is -2.29. The quantitative estimate of drug-likeness (QED) is 0.406. The molecule has 1 amide bonds. The van der Waals surface area contributed by atoms with E-state index in [-0.39, 0.29) is 11.9 Å². The summed E-state index contributed by atoms with van der Waals surface area (Å²) in [7, 11) is 0. The third kappa shape index (κ3) is 5.13. The first-order valence-electron chi connectivity index (χ1n) is 12.2. The lowest BCUT2D eigenvalue weighted by atomic mass is 10.1. The van der Waals surface area contributed by atoms with Crippen molar-refractivity contribution in [3.05, 3.63) is 65.6 Å². The zero-order valence-corrected chi connectivity index (χ0v) is 20.7. The maximum atomic E-state index is 12.9. The molecule has 10 heteroatoms. The lowest BCUT2D eigenvalue weighted by molar-refractivity contribution is 0.102. The van der Waals surface area contributed by atoms with E-state index >= 15 is 0 Å². The molecule has 1 atom stereocenters. The van der Waals surface area contributed by atoms with Crippen LogP contribution in [0.2, 0.25) is 0 Å². The Morgan fingerprint density at radius 2 is 2.00 bits per heavy atom. The van der Waals surface area contributed by atoms with Crippen molar-refractivity contribution in [2.75, 3.05) is 41.8 Å². The Hall–Kier alpha value is -4.05. The Morgan fingerprint density at radius 3 is 2.78 bits per heavy atom. The minimum Gasteiger partial charge on any atom is -0.378 e. The second-order valence-corrected chi connectivity index (χ2v) is 8.86. The summed E-state index contributed by atoms with van der Waals surface area (Å²) >= 11 is 0. The van der Waals surface area contributed by atoms with Crippen molar-refractivity contribution in [3.8, 4) is 0 Å². The molecule has 0 saturated carbocycles. The van der Waals surface area contributed by atoms with Crippen LogP contribution >= 0.6 is 0 Å². The van der Waals surface area contributed by atoms with Crippen molar-refractivity contribution in [2.24, 2.45) is 0 Å². The number of nitrogens with zero attached hydrogens (tertiary/aromatic N) is 6. The fourth-order valence-corrected chi connectivity index (χ4v) is 4.27. The molecule has 186 valence electrons. The molecule has 1 aliphatic heterocycles. The zero-order chi connectivity index (χ0) is 25.1. The molecule has 0 radical (unpaired) electrons. The number of hydrogen-bond donors (Lipinski definition) is 2. The van der Waals surface area contributed by atoms with Crippen molar-refractivity contribution >= 4 is 34.4 Å². The second-order valence-electron chi connectivity index (χ2n) is 8.86. The molecule has 2 N–H and O–H groups in total. The summed E-state index contributed by atoms with van der Waals surface area (Å²) in [5, 5.41) is 10.8. The third-order valence-corrected chi connectivity index (χ3v) is 6.23. The third-order valence-electron chi connectivity index (χ3n) is 6.23. The van der Waals surface area contributed by atoms with Crippen molar-refractivity contribution in [1.29, 1.82) is 0 Å². The summed E-state index contributed by atoms with van der Waals surface area (Å²) in [4.78, 5) is 28.7. The van der Waals surface area contributed by atoms with Gasteiger partial charge in [-0.2, -0.15) is 5.10 Å². The number of pyridine rings is 1. The number of nitrogens with one attached hydrogen (secondary N) is 2. The van der Waals surface area contributed by atoms with E-state index in [9.17, 15) is 4.79 Å². The molecule has 1 aliphatic rings. The van der Waals surface area contributed by atoms with Crippen molar-refractivity contribution < 1.29 is 9.53 Å². The molecule has 0 spiro atoms. The average Bonchev–Trinajstić information content (AvgIpc) is 3.32. The lowest BCUT2D eigenvalue weighted by Crippen LogP contribution is -2.37. The summed E-state index contributed by atoms with van der Waals surface area (Å²) in [5.74, 6) is 1.35. The Kier molecular flexibility index (Phi) is 6.77. The summed E-state index contributed by atoms with van der Waals surface area (Å²) in [6.45, 7) is 9.81. The van der Waals surface area contributed by atoms with Gasteiger partial charge in [0.15, 0.2) is 0 Å². The van der Waals surface area contributed by atoms with Gasteiger partial charge >= 0.3 is 0 Å². The Balaban J connectivity index is 1.26. The molecule has 1 fully saturated rings. The molecule has 1 saturated heterocycles. The molecule has 1 aromatic carbocycles. The fourth-order valence-electron chi connectivity index (χ4n) is 4.27. The van der Waals surface area contributed by atoms with Crippen LogP contribution in [0.3, 0.4) is 0 Å². The first kappa shape index (κ1) is 23.7. The average molecular weight is 487 g/mol. The van der Waals surface area contributed by atoms with E-state index in [2.05, 4.69) is 35.6 Å². The maximum Gasteiger partial charge on any atom is 0.257 e. The first-order valence-corrected chi connectivity index (χ1v) is 12.2. The van der Waals surface area contributed by atoms with Crippen LogP contribution in [0, 0.1) is 6.92 Å². The van der Waals surface area contributed by atoms with Crippen LogP contribution < -0.4 is 15.5 Å². The van der Waals surface area contributed by atoms with Crippen molar-refractivity contribution in [3.63, 3.8) is 0 Å². The molecule has 4 heterocycles. The number of aryl methyl sites for hydroxylation is 2. The molecule has 0 unspecified atom stereocenters. The zero-order valence-electron chi connectivity index (χ0n) is 20.7. The van der Waals surface area contributed by atoms with E-state index in [1.807, 2.05) is 62.0 Å². The number of carbonyl (C=O) groups excluding carboxylic acids is 1. The van der Waals surface area contributed by atoms with Gasteiger partial charge in [-0.05, 0) is 50.1 Å². The van der Waals surface area contributed by atoms with Gasteiger partial charge in [0.2, 0.25) is 5.65 Å². The second kappa shape index (κ2) is 10.3. The SMILES string of the molecule is CCn1cc2ncc(N[C@@H](C)c3cccc(NC(=O)c4cnc(N5CCOCC5)c(C)c4)c3)nc2n1. The summed E-state index contributed by atoms with van der Waals surface area (Å²) in [5.41, 5.74) is 4.59. The maximum absolute atomic E-state index is 12.9. The van der Waals surface area contributed by atoms with Crippen LogP contribution in [0.5, 0.6) is 0 Å². The number of fused-ring (bicyclic) bond motifs is 1. The summed E-state index contributed by atoms with van der Waals surface area (Å²) < 4.78 is 7.24. The molecule has 0 bridgehead atoms. The highest BCUT2D eigenvalue weighted by Crippen LogP contribution is 2.23. The topological polar surface area (TPSA) is 110 Å². The summed E-state index contributed by atoms with van der Waals surface area (Å²) in [6, 6.07) is 9.59. The van der Waals surface area contributed by atoms with Gasteiger partial charge in [0.1, 0.15) is 17.2 Å². The highest BCUT2D eigenvalue weighted by atomic mass is 16.5. The molecule has 10 nitrogen and oxygen atoms in total. The Labute approximate surface area is 209 Å². The number of ether oxygens (including phenoxy) is 1. The van der Waals surface area contributed by atoms with Gasteiger partial charge in [-0.15, -0.1) is 0 Å².